The number of benzene rings is 1. The van der Waals surface area contributed by atoms with Gasteiger partial charge in [0.2, 0.25) is 0 Å². The first-order valence-electron chi connectivity index (χ1n) is 6.58. The van der Waals surface area contributed by atoms with Gasteiger partial charge in [0.05, 0.1) is 0 Å². The number of hydrogen-bond donors (Lipinski definition) is 1. The van der Waals surface area contributed by atoms with Gasteiger partial charge in [0.25, 0.3) is 0 Å². The van der Waals surface area contributed by atoms with Crippen LogP contribution in [0, 0.1) is 0 Å². The lowest BCUT2D eigenvalue weighted by Gasteiger charge is -1.97. The minimum absolute atomic E-state index is 0.626. The number of rotatable bonds is 4. The first-order chi connectivity index (χ1) is 9.28. The van der Waals surface area contributed by atoms with E-state index in [2.05, 4.69) is 42.1 Å². The second-order valence-corrected chi connectivity index (χ2v) is 4.87. The molecule has 2 N–H and O–H groups in total. The highest BCUT2D eigenvalue weighted by Crippen LogP contribution is 2.23. The molecular formula is C16H18N2O. The monoisotopic (exact) mass is 254 g/mol. The topological polar surface area (TPSA) is 44.1 Å². The van der Waals surface area contributed by atoms with Crippen LogP contribution in [-0.4, -0.2) is 11.1 Å². The molecule has 3 nitrogen and oxygen atoms in total. The summed E-state index contributed by atoms with van der Waals surface area (Å²) in [4.78, 5) is 0. The van der Waals surface area contributed by atoms with E-state index < -0.39 is 0 Å². The summed E-state index contributed by atoms with van der Waals surface area (Å²) in [5.74, 6) is 1.97. The maximum atomic E-state index is 5.80. The van der Waals surface area contributed by atoms with Crippen molar-refractivity contribution in [1.29, 1.82) is 0 Å². The fourth-order valence-electron chi connectivity index (χ4n) is 2.55. The normalized spacial score (nSPS) is 11.3. The quantitative estimate of drug-likeness (QED) is 0.778. The summed E-state index contributed by atoms with van der Waals surface area (Å²) in [5, 5.41) is 1.29. The first-order valence-corrected chi connectivity index (χ1v) is 6.58. The number of nitrogens with zero attached hydrogens (tertiary/aromatic N) is 1. The molecule has 3 heteroatoms. The van der Waals surface area contributed by atoms with Gasteiger partial charge in [0.1, 0.15) is 11.5 Å². The lowest BCUT2D eigenvalue weighted by atomic mass is 10.1. The summed E-state index contributed by atoms with van der Waals surface area (Å²) >= 11 is 0. The van der Waals surface area contributed by atoms with Crippen LogP contribution in [0.15, 0.2) is 47.0 Å². The molecule has 0 unspecified atom stereocenters. The highest BCUT2D eigenvalue weighted by molar-refractivity contribution is 5.84. The van der Waals surface area contributed by atoms with E-state index in [1.807, 2.05) is 12.1 Å². The van der Waals surface area contributed by atoms with Crippen LogP contribution in [0.25, 0.3) is 10.9 Å². The highest BCUT2D eigenvalue weighted by Gasteiger charge is 2.09. The zero-order chi connectivity index (χ0) is 13.2. The fraction of sp³-hybridized carbons (Fsp3) is 0.250. The third kappa shape index (κ3) is 2.29. The van der Waals surface area contributed by atoms with Gasteiger partial charge < -0.3 is 14.7 Å². The molecule has 2 aromatic heterocycles. The molecule has 0 saturated carbocycles. The maximum absolute atomic E-state index is 5.80. The molecule has 0 aliphatic rings. The molecule has 3 aromatic rings. The van der Waals surface area contributed by atoms with Gasteiger partial charge in [0, 0.05) is 37.0 Å². The summed E-state index contributed by atoms with van der Waals surface area (Å²) in [7, 11) is 2.08. The largest absolute Gasteiger partial charge is 0.466 e. The van der Waals surface area contributed by atoms with Crippen molar-refractivity contribution in [2.45, 2.75) is 12.8 Å². The first kappa shape index (κ1) is 12.1. The Hall–Kier alpha value is -2.00. The number of furan rings is 1. The Bertz CT molecular complexity index is 694. The third-order valence-corrected chi connectivity index (χ3v) is 3.45. The van der Waals surface area contributed by atoms with Crippen molar-refractivity contribution in [2.24, 2.45) is 12.8 Å². The van der Waals surface area contributed by atoms with E-state index in [-0.39, 0.29) is 0 Å². The minimum atomic E-state index is 0.626. The van der Waals surface area contributed by atoms with Gasteiger partial charge in [-0.3, -0.25) is 0 Å². The third-order valence-electron chi connectivity index (χ3n) is 3.45. The smallest absolute Gasteiger partial charge is 0.108 e. The number of aryl methyl sites for hydroxylation is 1. The van der Waals surface area contributed by atoms with Crippen LogP contribution >= 0.6 is 0 Å². The Morgan fingerprint density at radius 3 is 2.74 bits per heavy atom. The summed E-state index contributed by atoms with van der Waals surface area (Å²) in [6, 6.07) is 12.5. The molecule has 0 aliphatic heterocycles. The van der Waals surface area contributed by atoms with E-state index in [9.17, 15) is 0 Å². The van der Waals surface area contributed by atoms with E-state index >= 15 is 0 Å². The highest BCUT2D eigenvalue weighted by atomic mass is 16.3. The Kier molecular flexibility index (Phi) is 3.13. The summed E-state index contributed by atoms with van der Waals surface area (Å²) in [6.45, 7) is 0.626. The van der Waals surface area contributed by atoms with Crippen LogP contribution in [-0.2, 0) is 19.9 Å². The van der Waals surface area contributed by atoms with Gasteiger partial charge in [-0.05, 0) is 30.3 Å². The van der Waals surface area contributed by atoms with Gasteiger partial charge >= 0.3 is 0 Å². The molecule has 0 saturated heterocycles. The van der Waals surface area contributed by atoms with Crippen molar-refractivity contribution in [2.75, 3.05) is 6.54 Å². The van der Waals surface area contributed by atoms with E-state index in [0.29, 0.717) is 6.54 Å². The number of fused-ring (bicyclic) bond motifs is 1. The molecule has 0 fully saturated rings. The number of aromatic nitrogens is 1. The van der Waals surface area contributed by atoms with Crippen molar-refractivity contribution in [3.63, 3.8) is 0 Å². The molecule has 2 heterocycles. The summed E-state index contributed by atoms with van der Waals surface area (Å²) in [5.41, 5.74) is 8.09. The van der Waals surface area contributed by atoms with Gasteiger partial charge in [0.15, 0.2) is 0 Å². The van der Waals surface area contributed by atoms with E-state index in [1.54, 1.807) is 0 Å². The Balaban J connectivity index is 1.92. The van der Waals surface area contributed by atoms with Crippen molar-refractivity contribution < 1.29 is 4.42 Å². The van der Waals surface area contributed by atoms with Crippen LogP contribution in [0.4, 0.5) is 0 Å². The average Bonchev–Trinajstić information content (AvgIpc) is 2.97. The van der Waals surface area contributed by atoms with E-state index in [0.717, 1.165) is 24.4 Å². The second-order valence-electron chi connectivity index (χ2n) is 4.87. The molecule has 0 bridgehead atoms. The Labute approximate surface area is 112 Å². The average molecular weight is 254 g/mol. The van der Waals surface area contributed by atoms with Gasteiger partial charge in [-0.2, -0.15) is 0 Å². The molecule has 0 atom stereocenters. The predicted molar refractivity (Wildman–Crippen MR) is 77.2 cm³/mol. The number of hydrogen-bond acceptors (Lipinski definition) is 2. The van der Waals surface area contributed by atoms with Crippen LogP contribution in [0.1, 0.15) is 17.1 Å². The zero-order valence-corrected chi connectivity index (χ0v) is 11.1. The standard InChI is InChI=1S/C16H18N2O/c1-18-11-12(15-4-2-3-5-16(15)18)10-14-7-6-13(19-14)8-9-17/h2-7,11H,8-10,17H2,1H3. The zero-order valence-electron chi connectivity index (χ0n) is 11.1. The predicted octanol–water partition coefficient (Wildman–Crippen LogP) is 2.86. The maximum Gasteiger partial charge on any atom is 0.108 e. The van der Waals surface area contributed by atoms with Gasteiger partial charge in [-0.25, -0.2) is 0 Å². The van der Waals surface area contributed by atoms with Crippen molar-refractivity contribution in [3.8, 4) is 0 Å². The van der Waals surface area contributed by atoms with Crippen molar-refractivity contribution in [3.05, 3.63) is 59.7 Å². The van der Waals surface area contributed by atoms with E-state index in [4.69, 9.17) is 10.2 Å². The SMILES string of the molecule is Cn1cc(Cc2ccc(CCN)o2)c2ccccc21. The van der Waals surface area contributed by atoms with Crippen molar-refractivity contribution in [1.82, 2.24) is 4.57 Å². The lowest BCUT2D eigenvalue weighted by molar-refractivity contribution is 0.474. The van der Waals surface area contributed by atoms with Crippen LogP contribution < -0.4 is 5.73 Å². The summed E-state index contributed by atoms with van der Waals surface area (Å²) in [6.07, 6.45) is 3.80. The molecule has 98 valence electrons. The second kappa shape index (κ2) is 4.94. The molecule has 1 aromatic carbocycles. The number of nitrogens with two attached hydrogens (primary N) is 1. The molecule has 0 amide bonds. The van der Waals surface area contributed by atoms with Gasteiger partial charge in [-0.1, -0.05) is 18.2 Å². The van der Waals surface area contributed by atoms with Crippen LogP contribution in [0.3, 0.4) is 0 Å². The molecule has 19 heavy (non-hydrogen) atoms. The van der Waals surface area contributed by atoms with Crippen LogP contribution in [0.5, 0.6) is 0 Å². The van der Waals surface area contributed by atoms with Crippen LogP contribution in [0.2, 0.25) is 0 Å². The number of para-hydroxylation sites is 1. The van der Waals surface area contributed by atoms with Gasteiger partial charge in [-0.15, -0.1) is 0 Å². The molecule has 3 rings (SSSR count). The van der Waals surface area contributed by atoms with E-state index in [1.165, 1.54) is 16.5 Å². The molecular weight excluding hydrogens is 236 g/mol. The summed E-state index contributed by atoms with van der Waals surface area (Å²) < 4.78 is 7.96. The lowest BCUT2D eigenvalue weighted by Crippen LogP contribution is -2.01. The fourth-order valence-corrected chi connectivity index (χ4v) is 2.55. The minimum Gasteiger partial charge on any atom is -0.466 e. The molecule has 0 radical (unpaired) electrons. The molecule has 0 aliphatic carbocycles. The Morgan fingerprint density at radius 2 is 1.89 bits per heavy atom. The molecule has 0 spiro atoms. The Morgan fingerprint density at radius 1 is 1.11 bits per heavy atom. The van der Waals surface area contributed by atoms with Crippen molar-refractivity contribution >= 4 is 10.9 Å².